The van der Waals surface area contributed by atoms with E-state index in [9.17, 15) is 9.59 Å². The Labute approximate surface area is 173 Å². The minimum absolute atomic E-state index is 0.218. The predicted octanol–water partition coefficient (Wildman–Crippen LogP) is 3.71. The standard InChI is InChI=1S/C21H19ClN2O5/c1-13-16(21(26)24(23-13)15-7-5-4-6-8-15)9-14-10-17(22)20(18(11-14)27-2)29-12-19(25)28-3/h4-11H,12H2,1-3H3/b16-9+. The van der Waals surface area contributed by atoms with Gasteiger partial charge < -0.3 is 14.2 Å². The van der Waals surface area contributed by atoms with E-state index in [1.54, 1.807) is 25.1 Å². The van der Waals surface area contributed by atoms with Crippen molar-refractivity contribution >= 4 is 41.0 Å². The number of methoxy groups -OCH3 is 2. The van der Waals surface area contributed by atoms with Gasteiger partial charge in [-0.2, -0.15) is 10.1 Å². The molecule has 1 heterocycles. The topological polar surface area (TPSA) is 77.4 Å². The first kappa shape index (κ1) is 20.4. The van der Waals surface area contributed by atoms with Gasteiger partial charge in [0.15, 0.2) is 18.1 Å². The van der Waals surface area contributed by atoms with Crippen molar-refractivity contribution in [2.45, 2.75) is 6.92 Å². The van der Waals surface area contributed by atoms with E-state index >= 15 is 0 Å². The number of carbonyl (C=O) groups excluding carboxylic acids is 2. The Morgan fingerprint density at radius 1 is 1.21 bits per heavy atom. The Balaban J connectivity index is 1.90. The normalized spacial score (nSPS) is 14.8. The number of hydrogen-bond donors (Lipinski definition) is 0. The molecule has 0 radical (unpaired) electrons. The highest BCUT2D eigenvalue weighted by Crippen LogP contribution is 2.37. The number of benzene rings is 2. The fourth-order valence-corrected chi connectivity index (χ4v) is 3.02. The molecule has 0 atom stereocenters. The molecular weight excluding hydrogens is 396 g/mol. The number of anilines is 1. The molecule has 0 N–H and O–H groups in total. The van der Waals surface area contributed by atoms with Crippen molar-refractivity contribution in [3.63, 3.8) is 0 Å². The van der Waals surface area contributed by atoms with Crippen LogP contribution >= 0.6 is 11.6 Å². The van der Waals surface area contributed by atoms with E-state index in [1.807, 2.05) is 30.3 Å². The van der Waals surface area contributed by atoms with Crippen LogP contribution in [0.1, 0.15) is 12.5 Å². The monoisotopic (exact) mass is 414 g/mol. The molecule has 0 spiro atoms. The second-order valence-electron chi connectivity index (χ2n) is 6.09. The average Bonchev–Trinajstić information content (AvgIpc) is 3.01. The van der Waals surface area contributed by atoms with E-state index in [-0.39, 0.29) is 23.3 Å². The van der Waals surface area contributed by atoms with Crippen LogP contribution < -0.4 is 14.5 Å². The summed E-state index contributed by atoms with van der Waals surface area (Å²) in [4.78, 5) is 24.2. The number of halogens is 1. The summed E-state index contributed by atoms with van der Waals surface area (Å²) in [6.45, 7) is 1.46. The number of hydrogen-bond acceptors (Lipinski definition) is 6. The molecule has 0 saturated heterocycles. The molecule has 0 saturated carbocycles. The van der Waals surface area contributed by atoms with Crippen LogP contribution in [0.4, 0.5) is 5.69 Å². The first-order valence-corrected chi connectivity index (χ1v) is 9.06. The number of rotatable bonds is 6. The maximum absolute atomic E-state index is 12.8. The Bertz CT molecular complexity index is 1000. The van der Waals surface area contributed by atoms with Gasteiger partial charge in [0, 0.05) is 0 Å². The molecule has 0 aliphatic carbocycles. The molecule has 150 valence electrons. The van der Waals surface area contributed by atoms with Crippen LogP contribution in [0.3, 0.4) is 0 Å². The first-order chi connectivity index (χ1) is 13.9. The summed E-state index contributed by atoms with van der Waals surface area (Å²) in [5, 5.41) is 5.94. The lowest BCUT2D eigenvalue weighted by Crippen LogP contribution is -2.21. The maximum Gasteiger partial charge on any atom is 0.343 e. The SMILES string of the molecule is COC(=O)COc1c(Cl)cc(/C=C2/C(=O)N(c3ccccc3)N=C2C)cc1OC. The van der Waals surface area contributed by atoms with Crippen molar-refractivity contribution < 1.29 is 23.8 Å². The maximum atomic E-state index is 12.8. The summed E-state index contributed by atoms with van der Waals surface area (Å²) in [6.07, 6.45) is 1.68. The minimum atomic E-state index is -0.543. The number of carbonyl (C=O) groups is 2. The molecule has 3 rings (SSSR count). The molecule has 0 fully saturated rings. The van der Waals surface area contributed by atoms with E-state index in [2.05, 4.69) is 9.84 Å². The third-order valence-corrected chi connectivity index (χ3v) is 4.47. The molecule has 7 nitrogen and oxygen atoms in total. The Morgan fingerprint density at radius 2 is 1.93 bits per heavy atom. The van der Waals surface area contributed by atoms with Crippen molar-refractivity contribution in [3.8, 4) is 11.5 Å². The number of nitrogens with zero attached hydrogens (tertiary/aromatic N) is 2. The van der Waals surface area contributed by atoms with E-state index < -0.39 is 5.97 Å². The summed E-state index contributed by atoms with van der Waals surface area (Å²) in [7, 11) is 2.72. The van der Waals surface area contributed by atoms with Gasteiger partial charge >= 0.3 is 5.97 Å². The number of esters is 1. The third-order valence-electron chi connectivity index (χ3n) is 4.19. The summed E-state index contributed by atoms with van der Waals surface area (Å²) < 4.78 is 15.3. The largest absolute Gasteiger partial charge is 0.493 e. The molecule has 8 heteroatoms. The lowest BCUT2D eigenvalue weighted by atomic mass is 10.1. The Morgan fingerprint density at radius 3 is 2.59 bits per heavy atom. The molecule has 0 bridgehead atoms. The van der Waals surface area contributed by atoms with Crippen LogP contribution in [-0.4, -0.2) is 38.4 Å². The minimum Gasteiger partial charge on any atom is -0.493 e. The molecule has 1 amide bonds. The fourth-order valence-electron chi connectivity index (χ4n) is 2.75. The van der Waals surface area contributed by atoms with Gasteiger partial charge in [-0.1, -0.05) is 29.8 Å². The van der Waals surface area contributed by atoms with Crippen molar-refractivity contribution in [1.29, 1.82) is 0 Å². The van der Waals surface area contributed by atoms with Crippen LogP contribution in [0.15, 0.2) is 53.1 Å². The number of ether oxygens (including phenoxy) is 3. The van der Waals surface area contributed by atoms with Crippen LogP contribution in [0.25, 0.3) is 6.08 Å². The van der Waals surface area contributed by atoms with Gasteiger partial charge in [0.2, 0.25) is 0 Å². The van der Waals surface area contributed by atoms with Crippen molar-refractivity contribution in [2.75, 3.05) is 25.8 Å². The summed E-state index contributed by atoms with van der Waals surface area (Å²) in [6, 6.07) is 12.5. The molecule has 1 aliphatic rings. The zero-order chi connectivity index (χ0) is 21.0. The van der Waals surface area contributed by atoms with Crippen molar-refractivity contribution in [1.82, 2.24) is 0 Å². The van der Waals surface area contributed by atoms with Crippen LogP contribution in [0.2, 0.25) is 5.02 Å². The molecule has 2 aromatic carbocycles. The Hall–Kier alpha value is -3.32. The Kier molecular flexibility index (Phi) is 6.19. The highest BCUT2D eigenvalue weighted by atomic mass is 35.5. The second kappa shape index (κ2) is 8.79. The summed E-state index contributed by atoms with van der Waals surface area (Å²) >= 11 is 6.31. The van der Waals surface area contributed by atoms with Crippen molar-refractivity contribution in [2.24, 2.45) is 5.10 Å². The third kappa shape index (κ3) is 4.41. The smallest absolute Gasteiger partial charge is 0.343 e. The van der Waals surface area contributed by atoms with Gasteiger partial charge in [0.05, 0.1) is 36.2 Å². The van der Waals surface area contributed by atoms with E-state index in [4.69, 9.17) is 21.1 Å². The fraction of sp³-hybridized carbons (Fsp3) is 0.190. The van der Waals surface area contributed by atoms with Gasteiger partial charge in [-0.05, 0) is 42.8 Å². The highest BCUT2D eigenvalue weighted by molar-refractivity contribution is 6.33. The number of hydrazone groups is 1. The van der Waals surface area contributed by atoms with Gasteiger partial charge in [0.25, 0.3) is 5.91 Å². The molecule has 1 aliphatic heterocycles. The zero-order valence-corrected chi connectivity index (χ0v) is 16.9. The number of amides is 1. The van der Waals surface area contributed by atoms with E-state index in [0.29, 0.717) is 28.3 Å². The lowest BCUT2D eigenvalue weighted by Gasteiger charge is -2.13. The van der Waals surface area contributed by atoms with Crippen molar-refractivity contribution in [3.05, 3.63) is 58.6 Å². The van der Waals surface area contributed by atoms with Gasteiger partial charge in [-0.3, -0.25) is 4.79 Å². The van der Waals surface area contributed by atoms with E-state index in [0.717, 1.165) is 0 Å². The highest BCUT2D eigenvalue weighted by Gasteiger charge is 2.28. The number of para-hydroxylation sites is 1. The van der Waals surface area contributed by atoms with Gasteiger partial charge in [-0.25, -0.2) is 4.79 Å². The van der Waals surface area contributed by atoms with Crippen LogP contribution in [0, 0.1) is 0 Å². The average molecular weight is 415 g/mol. The molecule has 0 unspecified atom stereocenters. The first-order valence-electron chi connectivity index (χ1n) is 8.68. The van der Waals surface area contributed by atoms with Gasteiger partial charge in [-0.15, -0.1) is 0 Å². The zero-order valence-electron chi connectivity index (χ0n) is 16.1. The van der Waals surface area contributed by atoms with Crippen LogP contribution in [0.5, 0.6) is 11.5 Å². The molecule has 2 aromatic rings. The predicted molar refractivity (Wildman–Crippen MR) is 111 cm³/mol. The lowest BCUT2D eigenvalue weighted by molar-refractivity contribution is -0.142. The summed E-state index contributed by atoms with van der Waals surface area (Å²) in [5.74, 6) is -0.238. The molecule has 0 aromatic heterocycles. The summed E-state index contributed by atoms with van der Waals surface area (Å²) in [5.41, 5.74) is 2.34. The second-order valence-corrected chi connectivity index (χ2v) is 6.50. The van der Waals surface area contributed by atoms with Crippen LogP contribution in [-0.2, 0) is 14.3 Å². The quantitative estimate of drug-likeness (QED) is 0.532. The van der Waals surface area contributed by atoms with Gasteiger partial charge in [0.1, 0.15) is 0 Å². The molecule has 29 heavy (non-hydrogen) atoms. The molecular formula is C21H19ClN2O5. The van der Waals surface area contributed by atoms with E-state index in [1.165, 1.54) is 19.2 Å².